The predicted octanol–water partition coefficient (Wildman–Crippen LogP) is 5.51. The number of benzene rings is 2. The van der Waals surface area contributed by atoms with Gasteiger partial charge in [0, 0.05) is 31.9 Å². The van der Waals surface area contributed by atoms with Crippen LogP contribution in [0.3, 0.4) is 0 Å². The third-order valence-corrected chi connectivity index (χ3v) is 5.10. The van der Waals surface area contributed by atoms with Crippen molar-refractivity contribution in [2.24, 2.45) is 0 Å². The monoisotopic (exact) mass is 367 g/mol. The van der Waals surface area contributed by atoms with E-state index in [1.165, 1.54) is 28.2 Å². The SMILES string of the molecule is Clc1ccc(CNC2CC2)c(Sc2ccc(Br)cc2)c1. The van der Waals surface area contributed by atoms with Crippen LogP contribution in [0, 0.1) is 0 Å². The summed E-state index contributed by atoms with van der Waals surface area (Å²) in [5.74, 6) is 0. The summed E-state index contributed by atoms with van der Waals surface area (Å²) in [5.41, 5.74) is 1.31. The van der Waals surface area contributed by atoms with E-state index in [2.05, 4.69) is 57.6 Å². The van der Waals surface area contributed by atoms with Crippen LogP contribution in [0.15, 0.2) is 56.7 Å². The first-order valence-corrected chi connectivity index (χ1v) is 8.65. The summed E-state index contributed by atoms with van der Waals surface area (Å²) in [6.45, 7) is 0.917. The molecule has 0 heterocycles. The Morgan fingerprint density at radius 2 is 1.90 bits per heavy atom. The molecule has 0 radical (unpaired) electrons. The number of halogens is 2. The molecule has 0 atom stereocenters. The summed E-state index contributed by atoms with van der Waals surface area (Å²) in [7, 11) is 0. The van der Waals surface area contributed by atoms with Crippen LogP contribution in [0.25, 0.3) is 0 Å². The molecule has 1 nitrogen and oxygen atoms in total. The third-order valence-electron chi connectivity index (χ3n) is 3.23. The van der Waals surface area contributed by atoms with Gasteiger partial charge in [-0.3, -0.25) is 0 Å². The van der Waals surface area contributed by atoms with Crippen LogP contribution in [-0.2, 0) is 6.54 Å². The Labute approximate surface area is 137 Å². The number of hydrogen-bond acceptors (Lipinski definition) is 2. The van der Waals surface area contributed by atoms with Gasteiger partial charge in [-0.05, 0) is 54.8 Å². The topological polar surface area (TPSA) is 12.0 Å². The van der Waals surface area contributed by atoms with Crippen LogP contribution in [-0.4, -0.2) is 6.04 Å². The first-order valence-electron chi connectivity index (χ1n) is 6.66. The largest absolute Gasteiger partial charge is 0.310 e. The van der Waals surface area contributed by atoms with Gasteiger partial charge in [-0.15, -0.1) is 0 Å². The quantitative estimate of drug-likeness (QED) is 0.747. The molecule has 2 aromatic rings. The Kier molecular flexibility index (Phi) is 4.72. The van der Waals surface area contributed by atoms with Gasteiger partial charge in [0.05, 0.1) is 0 Å². The Morgan fingerprint density at radius 1 is 1.15 bits per heavy atom. The van der Waals surface area contributed by atoms with Crippen molar-refractivity contribution in [3.05, 3.63) is 57.5 Å². The minimum Gasteiger partial charge on any atom is -0.310 e. The van der Waals surface area contributed by atoms with E-state index >= 15 is 0 Å². The van der Waals surface area contributed by atoms with Crippen molar-refractivity contribution in [2.75, 3.05) is 0 Å². The second-order valence-corrected chi connectivity index (χ2v) is 7.43. The Balaban J connectivity index is 1.78. The molecule has 4 heteroatoms. The van der Waals surface area contributed by atoms with Crippen LogP contribution in [0.1, 0.15) is 18.4 Å². The molecule has 3 rings (SSSR count). The van der Waals surface area contributed by atoms with E-state index in [4.69, 9.17) is 11.6 Å². The van der Waals surface area contributed by atoms with Gasteiger partial charge in [0.1, 0.15) is 0 Å². The highest BCUT2D eigenvalue weighted by Crippen LogP contribution is 2.33. The van der Waals surface area contributed by atoms with E-state index in [-0.39, 0.29) is 0 Å². The lowest BCUT2D eigenvalue weighted by Gasteiger charge is -2.11. The lowest BCUT2D eigenvalue weighted by atomic mass is 10.2. The van der Waals surface area contributed by atoms with Crippen molar-refractivity contribution in [3.63, 3.8) is 0 Å². The maximum atomic E-state index is 6.14. The molecule has 0 unspecified atom stereocenters. The van der Waals surface area contributed by atoms with Crippen molar-refractivity contribution in [3.8, 4) is 0 Å². The van der Waals surface area contributed by atoms with Gasteiger partial charge < -0.3 is 5.32 Å². The van der Waals surface area contributed by atoms with Crippen LogP contribution >= 0.6 is 39.3 Å². The molecule has 0 saturated heterocycles. The maximum Gasteiger partial charge on any atom is 0.0417 e. The lowest BCUT2D eigenvalue weighted by molar-refractivity contribution is 0.680. The molecule has 20 heavy (non-hydrogen) atoms. The molecule has 1 saturated carbocycles. The Morgan fingerprint density at radius 3 is 2.60 bits per heavy atom. The molecule has 0 spiro atoms. The number of nitrogens with one attached hydrogen (secondary N) is 1. The zero-order chi connectivity index (χ0) is 13.9. The highest BCUT2D eigenvalue weighted by atomic mass is 79.9. The smallest absolute Gasteiger partial charge is 0.0417 e. The molecule has 1 aliphatic rings. The molecule has 0 bridgehead atoms. The zero-order valence-corrected chi connectivity index (χ0v) is 14.1. The first kappa shape index (κ1) is 14.5. The van der Waals surface area contributed by atoms with Crippen molar-refractivity contribution >= 4 is 39.3 Å². The van der Waals surface area contributed by atoms with Gasteiger partial charge in [-0.1, -0.05) is 45.4 Å². The van der Waals surface area contributed by atoms with E-state index in [1.54, 1.807) is 11.8 Å². The summed E-state index contributed by atoms with van der Waals surface area (Å²) in [5, 5.41) is 4.36. The molecule has 1 N–H and O–H groups in total. The molecular formula is C16H15BrClNS. The summed E-state index contributed by atoms with van der Waals surface area (Å²) >= 11 is 11.4. The summed E-state index contributed by atoms with van der Waals surface area (Å²) < 4.78 is 1.10. The van der Waals surface area contributed by atoms with Gasteiger partial charge in [0.25, 0.3) is 0 Å². The molecule has 104 valence electrons. The molecule has 1 aliphatic carbocycles. The second-order valence-electron chi connectivity index (χ2n) is 4.96. The standard InChI is InChI=1S/C16H15BrClNS/c17-12-2-7-15(8-3-12)20-16-9-13(18)4-1-11(16)10-19-14-5-6-14/h1-4,7-9,14,19H,5-6,10H2. The minimum atomic E-state index is 0.719. The van der Waals surface area contributed by atoms with Crippen LogP contribution in [0.5, 0.6) is 0 Å². The van der Waals surface area contributed by atoms with Crippen molar-refractivity contribution in [2.45, 2.75) is 35.2 Å². The van der Waals surface area contributed by atoms with E-state index < -0.39 is 0 Å². The molecule has 0 aliphatic heterocycles. The fraction of sp³-hybridized carbons (Fsp3) is 0.250. The third kappa shape index (κ3) is 4.01. The van der Waals surface area contributed by atoms with E-state index in [0.717, 1.165) is 22.1 Å². The summed E-state index contributed by atoms with van der Waals surface area (Å²) in [4.78, 5) is 2.45. The molecule has 0 aromatic heterocycles. The van der Waals surface area contributed by atoms with Crippen molar-refractivity contribution < 1.29 is 0 Å². The van der Waals surface area contributed by atoms with Gasteiger partial charge in [-0.2, -0.15) is 0 Å². The first-order chi connectivity index (χ1) is 9.70. The molecular weight excluding hydrogens is 354 g/mol. The van der Waals surface area contributed by atoms with Crippen LogP contribution in [0.4, 0.5) is 0 Å². The Bertz CT molecular complexity index is 596. The van der Waals surface area contributed by atoms with Crippen molar-refractivity contribution in [1.29, 1.82) is 0 Å². The molecule has 1 fully saturated rings. The predicted molar refractivity (Wildman–Crippen MR) is 89.6 cm³/mol. The van der Waals surface area contributed by atoms with E-state index in [9.17, 15) is 0 Å². The number of hydrogen-bond donors (Lipinski definition) is 1. The highest BCUT2D eigenvalue weighted by molar-refractivity contribution is 9.10. The van der Waals surface area contributed by atoms with E-state index in [0.29, 0.717) is 0 Å². The normalized spacial score (nSPS) is 14.5. The van der Waals surface area contributed by atoms with Crippen molar-refractivity contribution in [1.82, 2.24) is 5.32 Å². The van der Waals surface area contributed by atoms with E-state index in [1.807, 2.05) is 6.07 Å². The summed E-state index contributed by atoms with van der Waals surface area (Å²) in [6, 6.07) is 15.2. The second kappa shape index (κ2) is 6.52. The fourth-order valence-corrected chi connectivity index (χ4v) is 3.43. The minimum absolute atomic E-state index is 0.719. The molecule has 2 aromatic carbocycles. The summed E-state index contributed by atoms with van der Waals surface area (Å²) in [6.07, 6.45) is 2.62. The highest BCUT2D eigenvalue weighted by Gasteiger charge is 2.20. The average Bonchev–Trinajstić information content (AvgIpc) is 3.25. The number of rotatable bonds is 5. The van der Waals surface area contributed by atoms with Crippen LogP contribution < -0.4 is 5.32 Å². The van der Waals surface area contributed by atoms with Gasteiger partial charge in [-0.25, -0.2) is 0 Å². The average molecular weight is 369 g/mol. The van der Waals surface area contributed by atoms with Gasteiger partial charge in [0.15, 0.2) is 0 Å². The fourth-order valence-electron chi connectivity index (χ4n) is 1.94. The van der Waals surface area contributed by atoms with Crippen LogP contribution in [0.2, 0.25) is 5.02 Å². The lowest BCUT2D eigenvalue weighted by Crippen LogP contribution is -2.15. The zero-order valence-electron chi connectivity index (χ0n) is 10.9. The molecule has 0 amide bonds. The Hall–Kier alpha value is -0.480. The van der Waals surface area contributed by atoms with Gasteiger partial charge in [0.2, 0.25) is 0 Å². The maximum absolute atomic E-state index is 6.14. The van der Waals surface area contributed by atoms with Gasteiger partial charge >= 0.3 is 0 Å².